The first-order valence-corrected chi connectivity index (χ1v) is 8.39. The zero-order valence-corrected chi connectivity index (χ0v) is 12.5. The largest absolute Gasteiger partial charge is 0.298 e. The van der Waals surface area contributed by atoms with E-state index in [1.54, 1.807) is 42.7 Å². The van der Waals surface area contributed by atoms with Crippen LogP contribution in [0.15, 0.2) is 53.7 Å². The molecule has 0 fully saturated rings. The summed E-state index contributed by atoms with van der Waals surface area (Å²) >= 11 is 0. The molecule has 0 unspecified atom stereocenters. The first-order chi connectivity index (χ1) is 10.5. The second-order valence-corrected chi connectivity index (χ2v) is 6.87. The van der Waals surface area contributed by atoms with Gasteiger partial charge in [0.1, 0.15) is 0 Å². The molecule has 2 heterocycles. The maximum atomic E-state index is 11.9. The fourth-order valence-electron chi connectivity index (χ4n) is 2.31. The number of fused-ring (bicyclic) bond motifs is 1. The average Bonchev–Trinajstić information content (AvgIpc) is 2.52. The molecule has 0 bridgehead atoms. The second kappa shape index (κ2) is 5.31. The van der Waals surface area contributed by atoms with Crippen molar-refractivity contribution in [2.24, 2.45) is 0 Å². The second-order valence-electron chi connectivity index (χ2n) is 4.89. The van der Waals surface area contributed by atoms with Crippen LogP contribution in [0.25, 0.3) is 22.2 Å². The molecular formula is C16H12N2O3S. The molecule has 1 aromatic carbocycles. The molecule has 0 N–H and O–H groups in total. The summed E-state index contributed by atoms with van der Waals surface area (Å²) in [6.07, 6.45) is 5.06. The van der Waals surface area contributed by atoms with Crippen LogP contribution in [0.4, 0.5) is 0 Å². The van der Waals surface area contributed by atoms with E-state index in [2.05, 4.69) is 9.97 Å². The molecule has 0 radical (unpaired) electrons. The van der Waals surface area contributed by atoms with Crippen molar-refractivity contribution in [3.63, 3.8) is 0 Å². The third-order valence-electron chi connectivity index (χ3n) is 3.30. The average molecular weight is 312 g/mol. The minimum absolute atomic E-state index is 0.146. The Morgan fingerprint density at radius 2 is 1.95 bits per heavy atom. The molecule has 22 heavy (non-hydrogen) atoms. The van der Waals surface area contributed by atoms with Crippen molar-refractivity contribution < 1.29 is 13.2 Å². The van der Waals surface area contributed by atoms with E-state index in [1.165, 1.54) is 6.07 Å². The van der Waals surface area contributed by atoms with Crippen molar-refractivity contribution in [2.75, 3.05) is 6.26 Å². The van der Waals surface area contributed by atoms with E-state index in [4.69, 9.17) is 0 Å². The van der Waals surface area contributed by atoms with Crippen LogP contribution >= 0.6 is 0 Å². The van der Waals surface area contributed by atoms with Crippen LogP contribution in [-0.4, -0.2) is 30.9 Å². The molecular weight excluding hydrogens is 300 g/mol. The molecule has 5 nitrogen and oxygen atoms in total. The Balaban J connectivity index is 2.41. The first-order valence-electron chi connectivity index (χ1n) is 6.50. The van der Waals surface area contributed by atoms with Gasteiger partial charge in [0.05, 0.1) is 16.1 Å². The van der Waals surface area contributed by atoms with Gasteiger partial charge >= 0.3 is 0 Å². The third kappa shape index (κ3) is 2.48. The third-order valence-corrected chi connectivity index (χ3v) is 4.43. The van der Waals surface area contributed by atoms with Gasteiger partial charge in [-0.25, -0.2) is 13.4 Å². The van der Waals surface area contributed by atoms with Gasteiger partial charge in [-0.15, -0.1) is 0 Å². The Hall–Kier alpha value is -2.60. The molecule has 2 aromatic heterocycles. The lowest BCUT2D eigenvalue weighted by molar-refractivity contribution is 0.112. The van der Waals surface area contributed by atoms with Gasteiger partial charge in [0, 0.05) is 35.2 Å². The van der Waals surface area contributed by atoms with Crippen LogP contribution in [0, 0.1) is 0 Å². The molecule has 0 aliphatic carbocycles. The lowest BCUT2D eigenvalue weighted by Gasteiger charge is -2.09. The van der Waals surface area contributed by atoms with Crippen LogP contribution in [0.5, 0.6) is 0 Å². The number of aromatic nitrogens is 2. The Labute approximate surface area is 127 Å². The van der Waals surface area contributed by atoms with E-state index >= 15 is 0 Å². The summed E-state index contributed by atoms with van der Waals surface area (Å²) in [5.41, 5.74) is 1.84. The number of hydrogen-bond acceptors (Lipinski definition) is 5. The fourth-order valence-corrected chi connectivity index (χ4v) is 3.15. The summed E-state index contributed by atoms with van der Waals surface area (Å²) in [4.78, 5) is 19.9. The highest BCUT2D eigenvalue weighted by atomic mass is 32.2. The molecule has 0 spiro atoms. The monoisotopic (exact) mass is 312 g/mol. The van der Waals surface area contributed by atoms with E-state index in [-0.39, 0.29) is 4.90 Å². The minimum Gasteiger partial charge on any atom is -0.298 e. The van der Waals surface area contributed by atoms with Gasteiger partial charge in [-0.05, 0) is 24.3 Å². The molecule has 0 aliphatic heterocycles. The van der Waals surface area contributed by atoms with Gasteiger partial charge in [-0.3, -0.25) is 9.78 Å². The molecule has 0 atom stereocenters. The fraction of sp³-hybridized carbons (Fsp3) is 0.0625. The predicted octanol–water partition coefficient (Wildman–Crippen LogP) is 2.51. The number of aldehydes is 1. The summed E-state index contributed by atoms with van der Waals surface area (Å²) in [5, 5.41) is 0.609. The Morgan fingerprint density at radius 1 is 1.14 bits per heavy atom. The number of carbonyl (C=O) groups is 1. The number of pyridine rings is 2. The van der Waals surface area contributed by atoms with Crippen molar-refractivity contribution >= 4 is 27.0 Å². The van der Waals surface area contributed by atoms with Gasteiger partial charge in [0.2, 0.25) is 0 Å². The summed E-state index contributed by atoms with van der Waals surface area (Å²) < 4.78 is 23.9. The number of para-hydroxylation sites is 1. The molecule has 110 valence electrons. The molecule has 0 saturated heterocycles. The van der Waals surface area contributed by atoms with Gasteiger partial charge in [0.15, 0.2) is 16.1 Å². The molecule has 0 aliphatic rings. The summed E-state index contributed by atoms with van der Waals surface area (Å²) in [5.74, 6) is 0. The zero-order chi connectivity index (χ0) is 15.7. The van der Waals surface area contributed by atoms with Crippen LogP contribution in [-0.2, 0) is 9.84 Å². The predicted molar refractivity (Wildman–Crippen MR) is 83.5 cm³/mol. The maximum Gasteiger partial charge on any atom is 0.177 e. The lowest BCUT2D eigenvalue weighted by atomic mass is 10.1. The number of sulfone groups is 1. The van der Waals surface area contributed by atoms with E-state index in [0.29, 0.717) is 34.0 Å². The highest BCUT2D eigenvalue weighted by molar-refractivity contribution is 7.91. The van der Waals surface area contributed by atoms with Crippen molar-refractivity contribution in [3.05, 3.63) is 54.4 Å². The highest BCUT2D eigenvalue weighted by Gasteiger charge is 2.16. The van der Waals surface area contributed by atoms with Crippen molar-refractivity contribution in [2.45, 2.75) is 4.90 Å². The maximum absolute atomic E-state index is 11.9. The number of rotatable bonds is 3. The lowest BCUT2D eigenvalue weighted by Crippen LogP contribution is -2.01. The summed E-state index contributed by atoms with van der Waals surface area (Å²) in [7, 11) is -3.41. The van der Waals surface area contributed by atoms with Crippen LogP contribution in [0.3, 0.4) is 0 Å². The zero-order valence-electron chi connectivity index (χ0n) is 11.7. The molecule has 0 amide bonds. The first kappa shape index (κ1) is 14.3. The molecule has 0 saturated carbocycles. The van der Waals surface area contributed by atoms with E-state index in [9.17, 15) is 13.2 Å². The number of nitrogens with zero attached hydrogens (tertiary/aromatic N) is 2. The summed E-state index contributed by atoms with van der Waals surface area (Å²) in [6.45, 7) is 0. The van der Waals surface area contributed by atoms with Gasteiger partial charge in [-0.2, -0.15) is 0 Å². The van der Waals surface area contributed by atoms with Gasteiger partial charge in [0.25, 0.3) is 0 Å². The van der Waals surface area contributed by atoms with E-state index < -0.39 is 9.84 Å². The van der Waals surface area contributed by atoms with Gasteiger partial charge in [-0.1, -0.05) is 12.1 Å². The van der Waals surface area contributed by atoms with E-state index in [1.807, 2.05) is 0 Å². The normalized spacial score (nSPS) is 11.5. The highest BCUT2D eigenvalue weighted by Crippen LogP contribution is 2.27. The van der Waals surface area contributed by atoms with Crippen molar-refractivity contribution in [3.8, 4) is 11.3 Å². The Kier molecular flexibility index (Phi) is 3.46. The smallest absolute Gasteiger partial charge is 0.177 e. The van der Waals surface area contributed by atoms with Crippen molar-refractivity contribution in [1.29, 1.82) is 0 Å². The standard InChI is InChI=1S/C16H12N2O3S/c1-22(20,21)14-6-2-4-11-8-13(10-19)15(18-16(11)14)12-5-3-7-17-9-12/h2-10H,1H3. The van der Waals surface area contributed by atoms with Crippen LogP contribution < -0.4 is 0 Å². The summed E-state index contributed by atoms with van der Waals surface area (Å²) in [6, 6.07) is 10.0. The number of hydrogen-bond donors (Lipinski definition) is 0. The molecule has 3 aromatic rings. The quantitative estimate of drug-likeness (QED) is 0.694. The van der Waals surface area contributed by atoms with Crippen LogP contribution in [0.1, 0.15) is 10.4 Å². The SMILES string of the molecule is CS(=O)(=O)c1cccc2cc(C=O)c(-c3cccnc3)nc12. The Bertz CT molecular complexity index is 967. The number of benzene rings is 1. The van der Waals surface area contributed by atoms with Crippen molar-refractivity contribution in [1.82, 2.24) is 9.97 Å². The van der Waals surface area contributed by atoms with Crippen LogP contribution in [0.2, 0.25) is 0 Å². The minimum atomic E-state index is -3.41. The Morgan fingerprint density at radius 3 is 2.59 bits per heavy atom. The van der Waals surface area contributed by atoms with E-state index in [0.717, 1.165) is 6.26 Å². The molecule has 6 heteroatoms. The van der Waals surface area contributed by atoms with Gasteiger partial charge < -0.3 is 0 Å². The topological polar surface area (TPSA) is 77.0 Å². The number of carbonyl (C=O) groups excluding carboxylic acids is 1. The molecule has 3 rings (SSSR count).